The summed E-state index contributed by atoms with van der Waals surface area (Å²) >= 11 is 1.64. The van der Waals surface area contributed by atoms with Crippen molar-refractivity contribution in [3.8, 4) is 0 Å². The highest BCUT2D eigenvalue weighted by Gasteiger charge is 2.22. The first-order valence-electron chi connectivity index (χ1n) is 9.71. The van der Waals surface area contributed by atoms with Gasteiger partial charge in [0.1, 0.15) is 16.4 Å². The number of H-pyrrole nitrogens is 1. The molecule has 28 heavy (non-hydrogen) atoms. The third kappa shape index (κ3) is 4.11. The standard InChI is InChI=1S/C21H25N3O3S/c1-2-3-6-14(25)11-24(12-15-7-5-10-27-15)13-18-22-20(26)19-16-8-4-9-17(16)28-21(19)23-18/h2,5,7,10,14,25H,1,3-4,6,8-9,11-13H2,(H,22,23,26)/t14-/m1/s1. The molecule has 0 unspecified atom stereocenters. The van der Waals surface area contributed by atoms with Crippen molar-refractivity contribution < 1.29 is 9.52 Å². The van der Waals surface area contributed by atoms with Crippen LogP contribution in [0.4, 0.5) is 0 Å². The van der Waals surface area contributed by atoms with E-state index < -0.39 is 6.10 Å². The molecule has 4 rings (SSSR count). The third-order valence-corrected chi connectivity index (χ3v) is 6.32. The molecule has 148 valence electrons. The molecule has 0 bridgehead atoms. The first kappa shape index (κ1) is 19.1. The van der Waals surface area contributed by atoms with E-state index >= 15 is 0 Å². The first-order valence-corrected chi connectivity index (χ1v) is 10.5. The lowest BCUT2D eigenvalue weighted by Crippen LogP contribution is -2.32. The molecule has 1 atom stereocenters. The van der Waals surface area contributed by atoms with Crippen molar-refractivity contribution in [1.29, 1.82) is 0 Å². The summed E-state index contributed by atoms with van der Waals surface area (Å²) in [6.07, 6.45) is 7.53. The predicted molar refractivity (Wildman–Crippen MR) is 111 cm³/mol. The molecule has 1 aliphatic rings. The van der Waals surface area contributed by atoms with Gasteiger partial charge in [-0.3, -0.25) is 9.69 Å². The maximum absolute atomic E-state index is 12.7. The van der Waals surface area contributed by atoms with Crippen LogP contribution < -0.4 is 5.56 Å². The van der Waals surface area contributed by atoms with Gasteiger partial charge in [0, 0.05) is 11.4 Å². The fourth-order valence-electron chi connectivity index (χ4n) is 3.84. The van der Waals surface area contributed by atoms with Gasteiger partial charge in [-0.15, -0.1) is 17.9 Å². The first-order chi connectivity index (χ1) is 13.6. The molecule has 3 heterocycles. The number of hydrogen-bond acceptors (Lipinski definition) is 6. The fraction of sp³-hybridized carbons (Fsp3) is 0.429. The Hall–Kier alpha value is -2.22. The molecule has 1 aliphatic carbocycles. The van der Waals surface area contributed by atoms with E-state index in [0.29, 0.717) is 31.9 Å². The van der Waals surface area contributed by atoms with E-state index in [1.54, 1.807) is 17.6 Å². The van der Waals surface area contributed by atoms with Crippen molar-refractivity contribution >= 4 is 21.6 Å². The number of aliphatic hydroxyl groups is 1. The van der Waals surface area contributed by atoms with E-state index in [9.17, 15) is 9.90 Å². The molecule has 2 N–H and O–H groups in total. The zero-order chi connectivity index (χ0) is 19.5. The number of allylic oxidation sites excluding steroid dienone is 1. The largest absolute Gasteiger partial charge is 0.468 e. The third-order valence-electron chi connectivity index (χ3n) is 5.13. The Morgan fingerprint density at radius 2 is 2.32 bits per heavy atom. The number of aromatic nitrogens is 2. The van der Waals surface area contributed by atoms with Crippen LogP contribution in [0.1, 0.15) is 41.3 Å². The molecule has 0 saturated heterocycles. The van der Waals surface area contributed by atoms with Gasteiger partial charge in [0.2, 0.25) is 0 Å². The lowest BCUT2D eigenvalue weighted by atomic mass is 10.2. The Morgan fingerprint density at radius 1 is 1.43 bits per heavy atom. The van der Waals surface area contributed by atoms with Crippen LogP contribution in [0.25, 0.3) is 10.2 Å². The van der Waals surface area contributed by atoms with Crippen LogP contribution in [0.3, 0.4) is 0 Å². The minimum atomic E-state index is -0.478. The van der Waals surface area contributed by atoms with Gasteiger partial charge in [0.25, 0.3) is 5.56 Å². The van der Waals surface area contributed by atoms with E-state index in [0.717, 1.165) is 41.7 Å². The minimum absolute atomic E-state index is 0.0513. The number of aliphatic hydroxyl groups excluding tert-OH is 1. The van der Waals surface area contributed by atoms with Gasteiger partial charge in [0.05, 0.1) is 30.8 Å². The van der Waals surface area contributed by atoms with E-state index in [1.165, 1.54) is 10.4 Å². The lowest BCUT2D eigenvalue weighted by Gasteiger charge is -2.23. The molecular formula is C21H25N3O3S. The highest BCUT2D eigenvalue weighted by Crippen LogP contribution is 2.34. The van der Waals surface area contributed by atoms with Crippen LogP contribution >= 0.6 is 11.3 Å². The molecule has 0 amide bonds. The zero-order valence-electron chi connectivity index (χ0n) is 15.8. The van der Waals surface area contributed by atoms with Crippen molar-refractivity contribution in [2.75, 3.05) is 6.54 Å². The number of rotatable bonds is 9. The van der Waals surface area contributed by atoms with E-state index in [4.69, 9.17) is 9.40 Å². The maximum atomic E-state index is 12.7. The lowest BCUT2D eigenvalue weighted by molar-refractivity contribution is 0.0931. The summed E-state index contributed by atoms with van der Waals surface area (Å²) in [4.78, 5) is 24.6. The van der Waals surface area contributed by atoms with Crippen molar-refractivity contribution in [2.45, 2.75) is 51.3 Å². The van der Waals surface area contributed by atoms with Crippen LogP contribution in [0.5, 0.6) is 0 Å². The number of hydrogen-bond donors (Lipinski definition) is 2. The molecule has 0 aliphatic heterocycles. The van der Waals surface area contributed by atoms with Gasteiger partial charge in [-0.25, -0.2) is 4.98 Å². The average molecular weight is 400 g/mol. The second kappa shape index (κ2) is 8.43. The molecule has 3 aromatic rings. The maximum Gasteiger partial charge on any atom is 0.259 e. The van der Waals surface area contributed by atoms with Crippen LogP contribution in [0.15, 0.2) is 40.3 Å². The number of thiophene rings is 1. The quantitative estimate of drug-likeness (QED) is 0.539. The zero-order valence-corrected chi connectivity index (χ0v) is 16.6. The summed E-state index contributed by atoms with van der Waals surface area (Å²) in [5.41, 5.74) is 1.14. The monoisotopic (exact) mass is 399 g/mol. The number of furan rings is 1. The Morgan fingerprint density at radius 3 is 3.11 bits per heavy atom. The average Bonchev–Trinajstić information content (AvgIpc) is 3.37. The highest BCUT2D eigenvalue weighted by molar-refractivity contribution is 7.18. The van der Waals surface area contributed by atoms with Gasteiger partial charge in [-0.05, 0) is 49.8 Å². The van der Waals surface area contributed by atoms with E-state index in [1.807, 2.05) is 18.2 Å². The number of nitrogens with one attached hydrogen (secondary N) is 1. The molecule has 0 saturated carbocycles. The molecule has 3 aromatic heterocycles. The predicted octanol–water partition coefficient (Wildman–Crippen LogP) is 3.40. The Bertz CT molecular complexity index is 1010. The van der Waals surface area contributed by atoms with Crippen molar-refractivity contribution in [1.82, 2.24) is 14.9 Å². The van der Waals surface area contributed by atoms with Gasteiger partial charge >= 0.3 is 0 Å². The summed E-state index contributed by atoms with van der Waals surface area (Å²) in [6.45, 7) is 5.17. The topological polar surface area (TPSA) is 82.4 Å². The molecule has 7 heteroatoms. The van der Waals surface area contributed by atoms with Crippen molar-refractivity contribution in [2.24, 2.45) is 0 Å². The molecule has 0 aromatic carbocycles. The summed E-state index contributed by atoms with van der Waals surface area (Å²) < 4.78 is 5.47. The number of nitrogens with zero attached hydrogens (tertiary/aromatic N) is 2. The van der Waals surface area contributed by atoms with Crippen LogP contribution in [-0.4, -0.2) is 32.6 Å². The summed E-state index contributed by atoms with van der Waals surface area (Å²) in [7, 11) is 0. The summed E-state index contributed by atoms with van der Waals surface area (Å²) in [6, 6.07) is 3.76. The molecule has 6 nitrogen and oxygen atoms in total. The smallest absolute Gasteiger partial charge is 0.259 e. The van der Waals surface area contributed by atoms with Crippen molar-refractivity contribution in [3.05, 3.63) is 63.4 Å². The minimum Gasteiger partial charge on any atom is -0.468 e. The van der Waals surface area contributed by atoms with Gasteiger partial charge in [-0.2, -0.15) is 0 Å². The van der Waals surface area contributed by atoms with Crippen molar-refractivity contribution in [3.63, 3.8) is 0 Å². The van der Waals surface area contributed by atoms with Gasteiger partial charge < -0.3 is 14.5 Å². The Labute approximate surface area is 167 Å². The Kier molecular flexibility index (Phi) is 5.75. The van der Waals surface area contributed by atoms with E-state index in [-0.39, 0.29) is 5.56 Å². The second-order valence-corrected chi connectivity index (χ2v) is 8.40. The normalized spacial score (nSPS) is 14.6. The van der Waals surface area contributed by atoms with E-state index in [2.05, 4.69) is 16.5 Å². The highest BCUT2D eigenvalue weighted by atomic mass is 32.1. The van der Waals surface area contributed by atoms with Gasteiger partial charge in [-0.1, -0.05) is 6.08 Å². The number of aryl methyl sites for hydroxylation is 2. The van der Waals surface area contributed by atoms with Gasteiger partial charge in [0.15, 0.2) is 0 Å². The SMILES string of the molecule is C=CCC[C@@H](O)CN(Cc1nc2sc3c(c2c(=O)[nH]1)CCC3)Cc1ccco1. The number of fused-ring (bicyclic) bond motifs is 3. The summed E-state index contributed by atoms with van der Waals surface area (Å²) in [5, 5.41) is 11.1. The van der Waals surface area contributed by atoms with Crippen LogP contribution in [-0.2, 0) is 25.9 Å². The molecule has 0 radical (unpaired) electrons. The second-order valence-electron chi connectivity index (χ2n) is 7.32. The van der Waals surface area contributed by atoms with Crippen LogP contribution in [0.2, 0.25) is 0 Å². The number of aromatic amines is 1. The molecular weight excluding hydrogens is 374 g/mol. The fourth-order valence-corrected chi connectivity index (χ4v) is 5.12. The Balaban J connectivity index is 1.56. The molecule has 0 fully saturated rings. The molecule has 0 spiro atoms. The van der Waals surface area contributed by atoms with Crippen LogP contribution in [0, 0.1) is 0 Å². The summed E-state index contributed by atoms with van der Waals surface area (Å²) in [5.74, 6) is 1.44.